The minimum absolute atomic E-state index is 0.0656. The number of ether oxygens (including phenoxy) is 3. The summed E-state index contributed by atoms with van der Waals surface area (Å²) < 4.78 is 16.3. The molecule has 0 aliphatic carbocycles. The van der Waals surface area contributed by atoms with Crippen molar-refractivity contribution in [3.63, 3.8) is 0 Å². The summed E-state index contributed by atoms with van der Waals surface area (Å²) in [4.78, 5) is 22.9. The first kappa shape index (κ1) is 40.8. The molecule has 1 atom stereocenters. The van der Waals surface area contributed by atoms with E-state index in [0.717, 1.165) is 32.2 Å². The Balaban J connectivity index is 3.38. The lowest BCUT2D eigenvalue weighted by atomic mass is 10.0. The number of amides is 1. The second-order valence-corrected chi connectivity index (χ2v) is 12.1. The zero-order valence-electron chi connectivity index (χ0n) is 27.8. The van der Waals surface area contributed by atoms with Gasteiger partial charge in [-0.2, -0.15) is 0 Å². The van der Waals surface area contributed by atoms with Gasteiger partial charge in [-0.25, -0.2) is 0 Å². The van der Waals surface area contributed by atoms with Crippen LogP contribution in [0.25, 0.3) is 0 Å². The summed E-state index contributed by atoms with van der Waals surface area (Å²) in [7, 11) is 0. The van der Waals surface area contributed by atoms with Gasteiger partial charge >= 0.3 is 5.97 Å². The first-order chi connectivity index (χ1) is 20.6. The van der Waals surface area contributed by atoms with Gasteiger partial charge in [-0.1, -0.05) is 142 Å². The molecular formula is C35H69NO6. The molecule has 0 rings (SSSR count). The number of hydrogen-bond donors (Lipinski definition) is 2. The number of aliphatic hydroxyl groups excluding tert-OH is 1. The highest BCUT2D eigenvalue weighted by Crippen LogP contribution is 2.14. The second-order valence-electron chi connectivity index (χ2n) is 12.1. The number of hydrogen-bond acceptors (Lipinski definition) is 6. The maximum Gasteiger partial charge on any atom is 0.306 e. The SMILES string of the molecule is CCCCCCCCCCCCCCCC(=O)O[C@H](CO)COCOCCCCCCCCCCCCCNC(C)=O. The molecule has 0 radical (unpaired) electrons. The van der Waals surface area contributed by atoms with E-state index in [9.17, 15) is 14.7 Å². The topological polar surface area (TPSA) is 94.1 Å². The van der Waals surface area contributed by atoms with Crippen molar-refractivity contribution in [1.29, 1.82) is 0 Å². The van der Waals surface area contributed by atoms with Crippen LogP contribution in [0.15, 0.2) is 0 Å². The third kappa shape index (κ3) is 33.3. The molecule has 0 aromatic heterocycles. The van der Waals surface area contributed by atoms with E-state index < -0.39 is 6.10 Å². The van der Waals surface area contributed by atoms with Gasteiger partial charge in [0, 0.05) is 26.5 Å². The molecular weight excluding hydrogens is 530 g/mol. The van der Waals surface area contributed by atoms with Crippen molar-refractivity contribution in [3.8, 4) is 0 Å². The molecule has 42 heavy (non-hydrogen) atoms. The van der Waals surface area contributed by atoms with Crippen LogP contribution in [0.1, 0.15) is 174 Å². The van der Waals surface area contributed by atoms with Gasteiger partial charge in [0.15, 0.2) is 0 Å². The summed E-state index contributed by atoms with van der Waals surface area (Å²) >= 11 is 0. The fourth-order valence-electron chi connectivity index (χ4n) is 5.14. The van der Waals surface area contributed by atoms with E-state index in [1.165, 1.54) is 128 Å². The Hall–Kier alpha value is -1.18. The van der Waals surface area contributed by atoms with Crippen LogP contribution in [0.4, 0.5) is 0 Å². The Morgan fingerprint density at radius 3 is 1.55 bits per heavy atom. The molecule has 0 aliphatic rings. The van der Waals surface area contributed by atoms with Gasteiger partial charge < -0.3 is 24.6 Å². The fourth-order valence-corrected chi connectivity index (χ4v) is 5.14. The van der Waals surface area contributed by atoms with Gasteiger partial charge in [0.05, 0.1) is 13.2 Å². The molecule has 0 aromatic rings. The number of unbranched alkanes of at least 4 members (excludes halogenated alkanes) is 22. The molecule has 7 heteroatoms. The predicted octanol–water partition coefficient (Wildman–Crippen LogP) is 8.79. The molecule has 0 spiro atoms. The Bertz CT molecular complexity index is 574. The van der Waals surface area contributed by atoms with Crippen LogP contribution in [0.5, 0.6) is 0 Å². The lowest BCUT2D eigenvalue weighted by Crippen LogP contribution is -2.27. The summed E-state index contributed by atoms with van der Waals surface area (Å²) in [5.41, 5.74) is 0. The molecule has 0 aromatic carbocycles. The Morgan fingerprint density at radius 2 is 1.07 bits per heavy atom. The number of esters is 1. The van der Waals surface area contributed by atoms with Crippen molar-refractivity contribution < 1.29 is 28.9 Å². The average molecular weight is 600 g/mol. The summed E-state index contributed by atoms with van der Waals surface area (Å²) in [5, 5.41) is 12.3. The van der Waals surface area contributed by atoms with E-state index in [4.69, 9.17) is 14.2 Å². The number of carbonyl (C=O) groups is 2. The van der Waals surface area contributed by atoms with Gasteiger partial charge in [-0.15, -0.1) is 0 Å². The van der Waals surface area contributed by atoms with Gasteiger partial charge in [0.2, 0.25) is 5.91 Å². The number of rotatable bonds is 34. The highest BCUT2D eigenvalue weighted by atomic mass is 16.7. The highest BCUT2D eigenvalue weighted by molar-refractivity contribution is 5.72. The fraction of sp³-hybridized carbons (Fsp3) is 0.943. The van der Waals surface area contributed by atoms with Crippen LogP contribution in [-0.4, -0.2) is 56.2 Å². The maximum atomic E-state index is 12.1. The van der Waals surface area contributed by atoms with E-state index in [0.29, 0.717) is 13.0 Å². The van der Waals surface area contributed by atoms with Crippen molar-refractivity contribution in [2.24, 2.45) is 0 Å². The largest absolute Gasteiger partial charge is 0.457 e. The molecule has 2 N–H and O–H groups in total. The molecule has 0 aliphatic heterocycles. The van der Waals surface area contributed by atoms with E-state index in [1.807, 2.05) is 0 Å². The monoisotopic (exact) mass is 600 g/mol. The van der Waals surface area contributed by atoms with Crippen molar-refractivity contribution in [3.05, 3.63) is 0 Å². The molecule has 0 saturated heterocycles. The Labute approximate surface area is 259 Å². The Morgan fingerprint density at radius 1 is 0.619 bits per heavy atom. The smallest absolute Gasteiger partial charge is 0.306 e. The number of aliphatic hydroxyl groups is 1. The van der Waals surface area contributed by atoms with Crippen molar-refractivity contribution in [2.75, 3.05) is 33.2 Å². The summed E-state index contributed by atoms with van der Waals surface area (Å²) in [5.74, 6) is -0.184. The summed E-state index contributed by atoms with van der Waals surface area (Å²) in [6.07, 6.45) is 29.9. The minimum Gasteiger partial charge on any atom is -0.457 e. The molecule has 7 nitrogen and oxygen atoms in total. The van der Waals surface area contributed by atoms with Gasteiger partial charge in [-0.3, -0.25) is 9.59 Å². The molecule has 1 amide bonds. The van der Waals surface area contributed by atoms with Gasteiger partial charge in [0.25, 0.3) is 0 Å². The van der Waals surface area contributed by atoms with Gasteiger partial charge in [0.1, 0.15) is 12.9 Å². The Kier molecular flexibility index (Phi) is 33.3. The predicted molar refractivity (Wildman–Crippen MR) is 174 cm³/mol. The van der Waals surface area contributed by atoms with Crippen LogP contribution in [0, 0.1) is 0 Å². The van der Waals surface area contributed by atoms with Crippen LogP contribution in [0.2, 0.25) is 0 Å². The first-order valence-corrected chi connectivity index (χ1v) is 17.8. The number of nitrogens with one attached hydrogen (secondary N) is 1. The second kappa shape index (κ2) is 34.3. The maximum absolute atomic E-state index is 12.1. The summed E-state index contributed by atoms with van der Waals surface area (Å²) in [6, 6.07) is 0. The number of carbonyl (C=O) groups excluding carboxylic acids is 2. The molecule has 0 heterocycles. The summed E-state index contributed by atoms with van der Waals surface area (Å²) in [6.45, 7) is 5.40. The first-order valence-electron chi connectivity index (χ1n) is 17.8. The molecule has 0 bridgehead atoms. The third-order valence-electron chi connectivity index (χ3n) is 7.80. The van der Waals surface area contributed by atoms with Crippen molar-refractivity contribution >= 4 is 11.9 Å². The normalized spacial score (nSPS) is 12.0. The van der Waals surface area contributed by atoms with E-state index in [-0.39, 0.29) is 31.9 Å². The van der Waals surface area contributed by atoms with Crippen LogP contribution in [-0.2, 0) is 23.8 Å². The van der Waals surface area contributed by atoms with Gasteiger partial charge in [-0.05, 0) is 19.3 Å². The van der Waals surface area contributed by atoms with Crippen molar-refractivity contribution in [2.45, 2.75) is 180 Å². The zero-order chi connectivity index (χ0) is 30.8. The van der Waals surface area contributed by atoms with Crippen LogP contribution >= 0.6 is 0 Å². The van der Waals surface area contributed by atoms with Crippen molar-refractivity contribution in [1.82, 2.24) is 5.32 Å². The minimum atomic E-state index is -0.619. The highest BCUT2D eigenvalue weighted by Gasteiger charge is 2.13. The zero-order valence-corrected chi connectivity index (χ0v) is 27.8. The third-order valence-corrected chi connectivity index (χ3v) is 7.80. The molecule has 0 fully saturated rings. The lowest BCUT2D eigenvalue weighted by Gasteiger charge is -2.16. The standard InChI is InChI=1S/C35H69NO6/c1-3-4-5-6-7-8-9-10-12-15-18-21-24-27-35(39)42-34(30-37)31-41-32-40-29-26-23-20-17-14-11-13-16-19-22-25-28-36-33(2)38/h34,37H,3-32H2,1-2H3,(H,36,38)/t34-/m1/s1. The quantitative estimate of drug-likeness (QED) is 0.0436. The van der Waals surface area contributed by atoms with Crippen LogP contribution < -0.4 is 5.32 Å². The molecule has 250 valence electrons. The van der Waals surface area contributed by atoms with E-state index >= 15 is 0 Å². The van der Waals surface area contributed by atoms with E-state index in [2.05, 4.69) is 12.2 Å². The molecule has 0 saturated carbocycles. The molecule has 0 unspecified atom stereocenters. The lowest BCUT2D eigenvalue weighted by molar-refractivity contribution is -0.159. The van der Waals surface area contributed by atoms with E-state index in [1.54, 1.807) is 6.92 Å². The van der Waals surface area contributed by atoms with Crippen LogP contribution in [0.3, 0.4) is 0 Å². The average Bonchev–Trinajstić information content (AvgIpc) is 2.98.